The lowest BCUT2D eigenvalue weighted by molar-refractivity contribution is -0.388. The molecule has 1 fully saturated rings. The maximum atomic E-state index is 14.5. The van der Waals surface area contributed by atoms with E-state index < -0.39 is 56.9 Å². The van der Waals surface area contributed by atoms with E-state index in [0.717, 1.165) is 38.8 Å². The van der Waals surface area contributed by atoms with Crippen molar-refractivity contribution < 1.29 is 32.4 Å². The number of halogens is 3. The van der Waals surface area contributed by atoms with Gasteiger partial charge in [-0.1, -0.05) is 12.8 Å². The predicted molar refractivity (Wildman–Crippen MR) is 92.9 cm³/mol. The number of Topliss-reactive ketones (excluding diaryl/α,β-unsaturated/α-hetero) is 1. The van der Waals surface area contributed by atoms with Crippen molar-refractivity contribution in [3.8, 4) is 0 Å². The summed E-state index contributed by atoms with van der Waals surface area (Å²) >= 11 is 0. The molecule has 0 aliphatic heterocycles. The van der Waals surface area contributed by atoms with E-state index in [4.69, 9.17) is 4.74 Å². The van der Waals surface area contributed by atoms with Crippen LogP contribution in [0.3, 0.4) is 0 Å². The van der Waals surface area contributed by atoms with Crippen molar-refractivity contribution in [1.82, 2.24) is 0 Å². The molecule has 0 radical (unpaired) electrons. The fourth-order valence-electron chi connectivity index (χ4n) is 3.05. The quantitative estimate of drug-likeness (QED) is 0.132. The van der Waals surface area contributed by atoms with E-state index in [1.165, 1.54) is 6.92 Å². The standard InChI is InChI=1S/C18H19F3N2O5/c1-3-28-18(25)11(8-22-10-6-4-5-7-10)17(24)12-13(19)9(2)14(20)15(21)16(12)23(26)27/h8,10-11H,3-7H2,1-2H3. The first kappa shape index (κ1) is 21.5. The Morgan fingerprint density at radius 1 is 1.25 bits per heavy atom. The van der Waals surface area contributed by atoms with Gasteiger partial charge in [0.05, 0.1) is 11.5 Å². The third-order valence-electron chi connectivity index (χ3n) is 4.54. The molecule has 0 saturated heterocycles. The number of nitro groups is 1. The molecule has 28 heavy (non-hydrogen) atoms. The van der Waals surface area contributed by atoms with Crippen molar-refractivity contribution in [1.29, 1.82) is 0 Å². The summed E-state index contributed by atoms with van der Waals surface area (Å²) in [6.45, 7) is 2.19. The van der Waals surface area contributed by atoms with Crippen LogP contribution in [0.2, 0.25) is 0 Å². The lowest BCUT2D eigenvalue weighted by atomic mass is 9.94. The van der Waals surface area contributed by atoms with Crippen LogP contribution < -0.4 is 0 Å². The van der Waals surface area contributed by atoms with Crippen LogP contribution in [0.15, 0.2) is 4.99 Å². The zero-order valence-electron chi connectivity index (χ0n) is 15.3. The number of hydrogen-bond donors (Lipinski definition) is 0. The van der Waals surface area contributed by atoms with Crippen molar-refractivity contribution in [3.05, 3.63) is 38.7 Å². The van der Waals surface area contributed by atoms with Crippen LogP contribution in [-0.4, -0.2) is 35.5 Å². The van der Waals surface area contributed by atoms with Crippen LogP contribution in [0.4, 0.5) is 18.9 Å². The maximum Gasteiger partial charge on any atom is 0.322 e. The van der Waals surface area contributed by atoms with Crippen LogP contribution in [0.1, 0.15) is 48.5 Å². The Balaban J connectivity index is 2.57. The van der Waals surface area contributed by atoms with Crippen molar-refractivity contribution in [2.75, 3.05) is 6.61 Å². The smallest absolute Gasteiger partial charge is 0.322 e. The van der Waals surface area contributed by atoms with E-state index in [1.54, 1.807) is 0 Å². The minimum atomic E-state index is -1.97. The molecule has 1 aliphatic rings. The molecule has 0 aromatic heterocycles. The summed E-state index contributed by atoms with van der Waals surface area (Å²) in [6.07, 6.45) is 4.26. The summed E-state index contributed by atoms with van der Waals surface area (Å²) in [6, 6.07) is -0.142. The molecular formula is C18H19F3N2O5. The molecular weight excluding hydrogens is 381 g/mol. The second-order valence-electron chi connectivity index (χ2n) is 6.38. The number of carbonyl (C=O) groups is 2. The highest BCUT2D eigenvalue weighted by Crippen LogP contribution is 2.32. The second kappa shape index (κ2) is 8.94. The SMILES string of the molecule is CCOC(=O)C(C=NC1CCCC1)C(=O)c1c(F)c(C)c(F)c(F)c1[N+](=O)[O-]. The summed E-state index contributed by atoms with van der Waals surface area (Å²) in [5, 5.41) is 11.2. The summed E-state index contributed by atoms with van der Waals surface area (Å²) in [7, 11) is 0. The third-order valence-corrected chi connectivity index (χ3v) is 4.54. The lowest BCUT2D eigenvalue weighted by Gasteiger charge is -2.14. The number of esters is 1. The second-order valence-corrected chi connectivity index (χ2v) is 6.38. The van der Waals surface area contributed by atoms with Gasteiger partial charge < -0.3 is 4.74 Å². The van der Waals surface area contributed by atoms with Gasteiger partial charge in [0.1, 0.15) is 11.4 Å². The number of ether oxygens (including phenoxy) is 1. The average molecular weight is 400 g/mol. The zero-order valence-corrected chi connectivity index (χ0v) is 15.3. The van der Waals surface area contributed by atoms with Gasteiger partial charge in [0.2, 0.25) is 5.82 Å². The Bertz CT molecular complexity index is 835. The molecule has 0 N–H and O–H groups in total. The van der Waals surface area contributed by atoms with Gasteiger partial charge in [-0.05, 0) is 26.7 Å². The summed E-state index contributed by atoms with van der Waals surface area (Å²) in [4.78, 5) is 38.9. The number of aliphatic imine (C=N–C) groups is 1. The largest absolute Gasteiger partial charge is 0.465 e. The molecule has 0 spiro atoms. The Kier molecular flexibility index (Phi) is 6.87. The highest BCUT2D eigenvalue weighted by molar-refractivity contribution is 6.20. The first-order valence-electron chi connectivity index (χ1n) is 8.76. The molecule has 0 amide bonds. The van der Waals surface area contributed by atoms with Crippen LogP contribution in [0.5, 0.6) is 0 Å². The Labute approximate surface area is 158 Å². The minimum Gasteiger partial charge on any atom is -0.465 e. The number of nitro benzene ring substituents is 1. The molecule has 1 aromatic carbocycles. The van der Waals surface area contributed by atoms with Crippen molar-refractivity contribution in [3.63, 3.8) is 0 Å². The van der Waals surface area contributed by atoms with Crippen LogP contribution in [0.25, 0.3) is 0 Å². The first-order valence-corrected chi connectivity index (χ1v) is 8.76. The molecule has 1 atom stereocenters. The van der Waals surface area contributed by atoms with Gasteiger partial charge >= 0.3 is 11.7 Å². The van der Waals surface area contributed by atoms with Crippen LogP contribution >= 0.6 is 0 Å². The highest BCUT2D eigenvalue weighted by atomic mass is 19.2. The summed E-state index contributed by atoms with van der Waals surface area (Å²) < 4.78 is 47.1. The van der Waals surface area contributed by atoms with Crippen molar-refractivity contribution >= 4 is 23.7 Å². The number of benzene rings is 1. The van der Waals surface area contributed by atoms with Gasteiger partial charge in [-0.25, -0.2) is 8.78 Å². The van der Waals surface area contributed by atoms with Crippen molar-refractivity contribution in [2.45, 2.75) is 45.6 Å². The Morgan fingerprint density at radius 3 is 2.39 bits per heavy atom. The zero-order chi connectivity index (χ0) is 21.0. The third kappa shape index (κ3) is 4.20. The lowest BCUT2D eigenvalue weighted by Crippen LogP contribution is -2.30. The summed E-state index contributed by atoms with van der Waals surface area (Å²) in [5.41, 5.74) is -3.87. The average Bonchev–Trinajstić information content (AvgIpc) is 3.16. The Hall–Kier alpha value is -2.78. The van der Waals surface area contributed by atoms with E-state index in [1.807, 2.05) is 0 Å². The van der Waals surface area contributed by atoms with Crippen molar-refractivity contribution in [2.24, 2.45) is 10.9 Å². The molecule has 7 nitrogen and oxygen atoms in total. The van der Waals surface area contributed by atoms with Gasteiger partial charge in [-0.3, -0.25) is 24.7 Å². The Morgan fingerprint density at radius 2 is 1.86 bits per heavy atom. The molecule has 10 heteroatoms. The number of hydrogen-bond acceptors (Lipinski definition) is 6. The van der Waals surface area contributed by atoms with Gasteiger partial charge in [0.25, 0.3) is 0 Å². The van der Waals surface area contributed by atoms with Crippen LogP contribution in [-0.2, 0) is 9.53 Å². The van der Waals surface area contributed by atoms with E-state index in [2.05, 4.69) is 4.99 Å². The summed E-state index contributed by atoms with van der Waals surface area (Å²) in [5.74, 6) is -9.66. The predicted octanol–water partition coefficient (Wildman–Crippen LogP) is 3.70. The van der Waals surface area contributed by atoms with Crippen LogP contribution in [0, 0.1) is 40.4 Å². The number of rotatable bonds is 7. The van der Waals surface area contributed by atoms with Gasteiger partial charge in [-0.15, -0.1) is 0 Å². The fraction of sp³-hybridized carbons (Fsp3) is 0.500. The van der Waals surface area contributed by atoms with Gasteiger partial charge in [0, 0.05) is 17.8 Å². The number of carbonyl (C=O) groups excluding carboxylic acids is 2. The van der Waals surface area contributed by atoms with Gasteiger partial charge in [0.15, 0.2) is 17.5 Å². The molecule has 0 heterocycles. The van der Waals surface area contributed by atoms with E-state index in [0.29, 0.717) is 0 Å². The highest BCUT2D eigenvalue weighted by Gasteiger charge is 2.39. The molecule has 0 bridgehead atoms. The van der Waals surface area contributed by atoms with Gasteiger partial charge in [-0.2, -0.15) is 4.39 Å². The number of ketones is 1. The molecule has 2 rings (SSSR count). The van der Waals surface area contributed by atoms with E-state index in [-0.39, 0.29) is 12.6 Å². The molecule has 1 unspecified atom stereocenters. The molecule has 1 aromatic rings. The normalized spacial score (nSPS) is 15.8. The minimum absolute atomic E-state index is 0.110. The van der Waals surface area contributed by atoms with E-state index in [9.17, 15) is 32.9 Å². The topological polar surface area (TPSA) is 98.9 Å². The molecule has 1 aliphatic carbocycles. The molecule has 152 valence electrons. The molecule has 1 saturated carbocycles. The first-order chi connectivity index (χ1) is 13.2. The van der Waals surface area contributed by atoms with E-state index >= 15 is 0 Å². The number of nitrogens with zero attached hydrogens (tertiary/aromatic N) is 2. The maximum absolute atomic E-state index is 14.5. The monoisotopic (exact) mass is 400 g/mol. The fourth-order valence-corrected chi connectivity index (χ4v) is 3.05.